The van der Waals surface area contributed by atoms with Gasteiger partial charge in [0, 0.05) is 39.3 Å². The van der Waals surface area contributed by atoms with Gasteiger partial charge in [0.15, 0.2) is 0 Å². The number of nitrogens with one attached hydrogen (secondary N) is 1. The third-order valence-corrected chi connectivity index (χ3v) is 6.54. The number of aromatic nitrogens is 1. The second-order valence-electron chi connectivity index (χ2n) is 9.37. The van der Waals surface area contributed by atoms with E-state index in [-0.39, 0.29) is 31.4 Å². The molecule has 1 atom stereocenters. The van der Waals surface area contributed by atoms with E-state index in [9.17, 15) is 14.7 Å². The number of nitrogens with zero attached hydrogens (tertiary/aromatic N) is 3. The van der Waals surface area contributed by atoms with E-state index in [0.29, 0.717) is 13.1 Å². The molecule has 0 spiro atoms. The maximum Gasteiger partial charge on any atom is 1.00 e. The maximum atomic E-state index is 12.5. The van der Waals surface area contributed by atoms with Crippen molar-refractivity contribution < 1.29 is 38.3 Å². The Kier molecular flexibility index (Phi) is 10.6. The predicted molar refractivity (Wildman–Crippen MR) is 127 cm³/mol. The number of benzene rings is 1. The number of thiazole rings is 1. The Morgan fingerprint density at radius 2 is 1.76 bits per heavy atom. The summed E-state index contributed by atoms with van der Waals surface area (Å²) in [7, 11) is 0. The number of ether oxygens (including phenoxy) is 1. The number of amides is 1. The molecule has 2 aromatic rings. The van der Waals surface area contributed by atoms with Crippen LogP contribution < -0.4 is 29.3 Å². The van der Waals surface area contributed by atoms with Crippen molar-refractivity contribution in [3.8, 4) is 10.4 Å². The molecule has 1 aliphatic heterocycles. The fourth-order valence-electron chi connectivity index (χ4n) is 3.88. The normalized spacial score (nSPS) is 15.9. The summed E-state index contributed by atoms with van der Waals surface area (Å²) in [6, 6.07) is 8.04. The molecule has 0 unspecified atom stereocenters. The SMILES string of the molecule is Cc1ncsc1-c1ccc([C@H](CCN2CCN(CC(=O)[O-])CC2)NC(=O)OC(C)(C)C)cc1.[Li+]. The van der Waals surface area contributed by atoms with Crippen LogP contribution >= 0.6 is 11.3 Å². The Labute approximate surface area is 217 Å². The van der Waals surface area contributed by atoms with Gasteiger partial charge >= 0.3 is 25.0 Å². The summed E-state index contributed by atoms with van der Waals surface area (Å²) in [4.78, 5) is 33.0. The average Bonchev–Trinajstić information content (AvgIpc) is 3.16. The molecule has 10 heteroatoms. The van der Waals surface area contributed by atoms with Gasteiger partial charge in [0.25, 0.3) is 0 Å². The Bertz CT molecular complexity index is 937. The summed E-state index contributed by atoms with van der Waals surface area (Å²) in [5.41, 5.74) is 4.41. The van der Waals surface area contributed by atoms with Gasteiger partial charge in [-0.25, -0.2) is 9.78 Å². The van der Waals surface area contributed by atoms with Crippen molar-refractivity contribution in [2.45, 2.75) is 45.8 Å². The Hall–Kier alpha value is -1.89. The first-order chi connectivity index (χ1) is 15.6. The standard InChI is InChI=1S/C24H34N4O4S.Li/c1-17-22(33-16-25-17)19-7-5-18(6-8-19)20(26-23(31)32-24(2,3)4)9-10-27-11-13-28(14-12-27)15-21(29)30;/h5-8,16,20H,9-15H2,1-4H3,(H,26,31)(H,29,30);/q;+1/p-1/t20-;/m0./s1. The number of rotatable bonds is 8. The summed E-state index contributed by atoms with van der Waals surface area (Å²) in [6.45, 7) is 11.3. The monoisotopic (exact) mass is 480 g/mol. The molecule has 8 nitrogen and oxygen atoms in total. The van der Waals surface area contributed by atoms with Crippen LogP contribution in [0.2, 0.25) is 0 Å². The molecule has 0 saturated carbocycles. The number of carbonyl (C=O) groups is 2. The van der Waals surface area contributed by atoms with Crippen molar-refractivity contribution in [3.63, 3.8) is 0 Å². The number of alkyl carbamates (subject to hydrolysis) is 1. The molecule has 1 N–H and O–H groups in total. The molecule has 0 aliphatic carbocycles. The molecule has 0 radical (unpaired) electrons. The predicted octanol–water partition coefficient (Wildman–Crippen LogP) is -0.554. The van der Waals surface area contributed by atoms with Crippen LogP contribution in [0, 0.1) is 6.92 Å². The van der Waals surface area contributed by atoms with Crippen molar-refractivity contribution in [2.75, 3.05) is 39.3 Å². The zero-order valence-electron chi connectivity index (χ0n) is 20.8. The minimum absolute atomic E-state index is 0. The number of carboxylic acid groups (broad SMARTS) is 1. The minimum Gasteiger partial charge on any atom is -0.549 e. The van der Waals surface area contributed by atoms with E-state index in [2.05, 4.69) is 27.3 Å². The van der Waals surface area contributed by atoms with Crippen molar-refractivity contribution in [3.05, 3.63) is 41.0 Å². The number of carboxylic acids is 1. The zero-order chi connectivity index (χ0) is 24.0. The Morgan fingerprint density at radius 3 is 2.29 bits per heavy atom. The maximum absolute atomic E-state index is 12.5. The second-order valence-corrected chi connectivity index (χ2v) is 10.2. The largest absolute Gasteiger partial charge is 1.00 e. The van der Waals surface area contributed by atoms with Crippen LogP contribution in [0.3, 0.4) is 0 Å². The molecular weight excluding hydrogens is 447 g/mol. The Morgan fingerprint density at radius 1 is 1.15 bits per heavy atom. The van der Waals surface area contributed by atoms with Crippen LogP contribution in [0.5, 0.6) is 0 Å². The summed E-state index contributed by atoms with van der Waals surface area (Å²) < 4.78 is 5.49. The van der Waals surface area contributed by atoms with Crippen LogP contribution in [0.15, 0.2) is 29.8 Å². The summed E-state index contributed by atoms with van der Waals surface area (Å²) in [5, 5.41) is 13.9. The van der Waals surface area contributed by atoms with Gasteiger partial charge in [0.2, 0.25) is 0 Å². The molecule has 34 heavy (non-hydrogen) atoms. The third kappa shape index (κ3) is 8.71. The molecule has 1 amide bonds. The van der Waals surface area contributed by atoms with Gasteiger partial charge < -0.3 is 24.9 Å². The fourth-order valence-corrected chi connectivity index (χ4v) is 4.69. The van der Waals surface area contributed by atoms with Gasteiger partial charge in [-0.2, -0.15) is 0 Å². The number of piperazine rings is 1. The van der Waals surface area contributed by atoms with Crippen LogP contribution in [0.25, 0.3) is 10.4 Å². The van der Waals surface area contributed by atoms with Crippen LogP contribution in [-0.4, -0.2) is 71.7 Å². The average molecular weight is 481 g/mol. The first-order valence-electron chi connectivity index (χ1n) is 11.3. The van der Waals surface area contributed by atoms with Crippen LogP contribution in [0.4, 0.5) is 4.79 Å². The quantitative estimate of drug-likeness (QED) is 0.506. The Balaban J connectivity index is 0.00000408. The molecule has 3 rings (SSSR count). The number of hydrogen-bond donors (Lipinski definition) is 1. The molecule has 180 valence electrons. The number of aliphatic carboxylic acids is 1. The van der Waals surface area contributed by atoms with Gasteiger partial charge in [0.05, 0.1) is 28.1 Å². The molecule has 0 bridgehead atoms. The molecule has 1 aliphatic rings. The first kappa shape index (κ1) is 28.3. The van der Waals surface area contributed by atoms with E-state index in [1.165, 1.54) is 0 Å². The first-order valence-corrected chi connectivity index (χ1v) is 12.1. The topological polar surface area (TPSA) is 97.8 Å². The van der Waals surface area contributed by atoms with Crippen molar-refractivity contribution in [1.82, 2.24) is 20.1 Å². The van der Waals surface area contributed by atoms with Gasteiger partial charge in [-0.1, -0.05) is 24.3 Å². The number of carbonyl (C=O) groups excluding carboxylic acids is 2. The van der Waals surface area contributed by atoms with E-state index in [4.69, 9.17) is 4.74 Å². The van der Waals surface area contributed by atoms with Gasteiger partial charge in [0.1, 0.15) is 5.60 Å². The zero-order valence-corrected chi connectivity index (χ0v) is 21.6. The van der Waals surface area contributed by atoms with Gasteiger partial charge in [-0.05, 0) is 45.2 Å². The third-order valence-electron chi connectivity index (χ3n) is 5.56. The van der Waals surface area contributed by atoms with Crippen LogP contribution in [0.1, 0.15) is 44.5 Å². The van der Waals surface area contributed by atoms with E-state index in [0.717, 1.165) is 47.8 Å². The molecule has 2 heterocycles. The van der Waals surface area contributed by atoms with E-state index in [1.54, 1.807) is 11.3 Å². The molecule has 1 saturated heterocycles. The number of hydrogen-bond acceptors (Lipinski definition) is 8. The summed E-state index contributed by atoms with van der Waals surface area (Å²) >= 11 is 1.61. The molecule has 1 fully saturated rings. The fraction of sp³-hybridized carbons (Fsp3) is 0.542. The van der Waals surface area contributed by atoms with Crippen molar-refractivity contribution in [1.29, 1.82) is 0 Å². The van der Waals surface area contributed by atoms with Gasteiger partial charge in [-0.15, -0.1) is 11.3 Å². The summed E-state index contributed by atoms with van der Waals surface area (Å²) in [6.07, 6.45) is 0.284. The van der Waals surface area contributed by atoms with Crippen LogP contribution in [-0.2, 0) is 9.53 Å². The minimum atomic E-state index is -1.04. The number of aryl methyl sites for hydroxylation is 1. The molecule has 1 aromatic carbocycles. The molecular formula is C24H33LiN4O4S. The van der Waals surface area contributed by atoms with E-state index >= 15 is 0 Å². The van der Waals surface area contributed by atoms with Crippen molar-refractivity contribution >= 4 is 23.4 Å². The summed E-state index contributed by atoms with van der Waals surface area (Å²) in [5.74, 6) is -1.04. The second kappa shape index (κ2) is 12.7. The van der Waals surface area contributed by atoms with Crippen molar-refractivity contribution in [2.24, 2.45) is 0 Å². The van der Waals surface area contributed by atoms with E-state index in [1.807, 2.05) is 50.2 Å². The smallest absolute Gasteiger partial charge is 0.549 e. The van der Waals surface area contributed by atoms with E-state index < -0.39 is 17.7 Å². The molecule has 1 aromatic heterocycles. The van der Waals surface area contributed by atoms with Gasteiger partial charge in [-0.3, -0.25) is 4.90 Å².